The Morgan fingerprint density at radius 3 is 2.73 bits per heavy atom. The first-order chi connectivity index (χ1) is 12.6. The second-order valence-electron chi connectivity index (χ2n) is 7.15. The van der Waals surface area contributed by atoms with E-state index in [1.165, 1.54) is 12.8 Å². The molecule has 1 aliphatic heterocycles. The van der Waals surface area contributed by atoms with Crippen molar-refractivity contribution in [3.05, 3.63) is 59.7 Å². The number of nitrogens with two attached hydrogens (primary N) is 1. The molecule has 1 saturated carbocycles. The second-order valence-corrected chi connectivity index (χ2v) is 7.15. The van der Waals surface area contributed by atoms with Gasteiger partial charge in [0.1, 0.15) is 5.75 Å². The normalized spacial score (nSPS) is 19.6. The largest absolute Gasteiger partial charge is 0.493 e. The monoisotopic (exact) mass is 350 g/mol. The summed E-state index contributed by atoms with van der Waals surface area (Å²) in [7, 11) is 0. The van der Waals surface area contributed by atoms with Crippen LogP contribution in [0.3, 0.4) is 0 Å². The number of nitrogens with zero attached hydrogens (tertiary/aromatic N) is 1. The maximum Gasteiger partial charge on any atom is 0.248 e. The number of hydrogen-bond donors (Lipinski definition) is 1. The van der Waals surface area contributed by atoms with E-state index in [-0.39, 0.29) is 11.8 Å². The minimum Gasteiger partial charge on any atom is -0.493 e. The highest BCUT2D eigenvalue weighted by atomic mass is 16.5. The van der Waals surface area contributed by atoms with Crippen LogP contribution in [0.1, 0.15) is 41.1 Å². The van der Waals surface area contributed by atoms with Crippen molar-refractivity contribution in [1.29, 1.82) is 0 Å². The van der Waals surface area contributed by atoms with E-state index in [1.807, 2.05) is 30.3 Å². The molecule has 2 N–H and O–H groups in total. The molecule has 0 aromatic heterocycles. The van der Waals surface area contributed by atoms with Gasteiger partial charge in [-0.2, -0.15) is 0 Å². The fourth-order valence-electron chi connectivity index (χ4n) is 3.36. The number of primary amides is 1. The average Bonchev–Trinajstić information content (AvgIpc) is 3.40. The second kappa shape index (κ2) is 6.83. The first-order valence-corrected chi connectivity index (χ1v) is 9.03. The van der Waals surface area contributed by atoms with E-state index >= 15 is 0 Å². The van der Waals surface area contributed by atoms with Gasteiger partial charge < -0.3 is 15.4 Å². The van der Waals surface area contributed by atoms with Crippen LogP contribution in [0.4, 0.5) is 5.69 Å². The summed E-state index contributed by atoms with van der Waals surface area (Å²) in [6.07, 6.45) is 2.97. The zero-order valence-corrected chi connectivity index (χ0v) is 14.6. The van der Waals surface area contributed by atoms with Gasteiger partial charge in [0.2, 0.25) is 11.8 Å². The van der Waals surface area contributed by atoms with Gasteiger partial charge in [-0.25, -0.2) is 0 Å². The summed E-state index contributed by atoms with van der Waals surface area (Å²) in [5.41, 5.74) is 7.59. The molecule has 2 fully saturated rings. The van der Waals surface area contributed by atoms with Crippen molar-refractivity contribution in [3.63, 3.8) is 0 Å². The molecule has 134 valence electrons. The quantitative estimate of drug-likeness (QED) is 0.870. The lowest BCUT2D eigenvalue weighted by Crippen LogP contribution is -2.24. The Morgan fingerprint density at radius 2 is 1.96 bits per heavy atom. The maximum atomic E-state index is 12.5. The molecule has 0 radical (unpaired) electrons. The fourth-order valence-corrected chi connectivity index (χ4v) is 3.36. The summed E-state index contributed by atoms with van der Waals surface area (Å²) in [6, 6.07) is 15.0. The van der Waals surface area contributed by atoms with Gasteiger partial charge in [0, 0.05) is 30.1 Å². The van der Waals surface area contributed by atoms with Crippen molar-refractivity contribution in [2.24, 2.45) is 11.7 Å². The standard InChI is InChI=1S/C21H22N2O3/c22-21(25)16-4-1-5-18(9-16)23-12-17(11-20(23)24)15-3-2-6-19(10-15)26-13-14-7-8-14/h1-6,9-10,14,17H,7-8,11-13H2,(H2,22,25). The number of ether oxygens (including phenoxy) is 1. The lowest BCUT2D eigenvalue weighted by molar-refractivity contribution is -0.117. The van der Waals surface area contributed by atoms with E-state index in [4.69, 9.17) is 10.5 Å². The molecule has 2 amide bonds. The lowest BCUT2D eigenvalue weighted by atomic mass is 9.98. The molecule has 5 heteroatoms. The van der Waals surface area contributed by atoms with Gasteiger partial charge in [-0.05, 0) is 54.7 Å². The van der Waals surface area contributed by atoms with Crippen LogP contribution in [-0.2, 0) is 4.79 Å². The van der Waals surface area contributed by atoms with Gasteiger partial charge in [0.25, 0.3) is 0 Å². The topological polar surface area (TPSA) is 72.6 Å². The van der Waals surface area contributed by atoms with Crippen LogP contribution in [0.25, 0.3) is 0 Å². The van der Waals surface area contributed by atoms with Crippen LogP contribution < -0.4 is 15.4 Å². The van der Waals surface area contributed by atoms with E-state index in [0.29, 0.717) is 24.4 Å². The Labute approximate surface area is 152 Å². The summed E-state index contributed by atoms with van der Waals surface area (Å²) in [6.45, 7) is 1.37. The van der Waals surface area contributed by atoms with Gasteiger partial charge in [-0.1, -0.05) is 18.2 Å². The first kappa shape index (κ1) is 16.6. The van der Waals surface area contributed by atoms with Crippen molar-refractivity contribution >= 4 is 17.5 Å². The van der Waals surface area contributed by atoms with Crippen LogP contribution in [0.15, 0.2) is 48.5 Å². The zero-order valence-electron chi connectivity index (χ0n) is 14.6. The average molecular weight is 350 g/mol. The summed E-state index contributed by atoms with van der Waals surface area (Å²) in [4.78, 5) is 25.6. The molecule has 2 aromatic rings. The highest BCUT2D eigenvalue weighted by molar-refractivity contribution is 5.99. The molecule has 1 aliphatic carbocycles. The molecule has 1 saturated heterocycles. The molecule has 1 heterocycles. The molecule has 1 unspecified atom stereocenters. The minimum atomic E-state index is -0.490. The van der Waals surface area contributed by atoms with E-state index < -0.39 is 5.91 Å². The predicted molar refractivity (Wildman–Crippen MR) is 99.3 cm³/mol. The lowest BCUT2D eigenvalue weighted by Gasteiger charge is -2.18. The summed E-state index contributed by atoms with van der Waals surface area (Å²) in [5, 5.41) is 0. The molecule has 2 aliphatic rings. The Kier molecular flexibility index (Phi) is 4.37. The predicted octanol–water partition coefficient (Wildman–Crippen LogP) is 3.09. The molecule has 0 spiro atoms. The zero-order chi connectivity index (χ0) is 18.1. The van der Waals surface area contributed by atoms with Crippen LogP contribution in [0, 0.1) is 5.92 Å². The Bertz CT molecular complexity index is 845. The number of anilines is 1. The SMILES string of the molecule is NC(=O)c1cccc(N2CC(c3cccc(OCC4CC4)c3)CC2=O)c1. The third kappa shape index (κ3) is 3.57. The molecule has 0 bridgehead atoms. The molecule has 26 heavy (non-hydrogen) atoms. The summed E-state index contributed by atoms with van der Waals surface area (Å²) in [5.74, 6) is 1.26. The number of carbonyl (C=O) groups is 2. The Balaban J connectivity index is 1.49. The highest BCUT2D eigenvalue weighted by Gasteiger charge is 2.32. The highest BCUT2D eigenvalue weighted by Crippen LogP contribution is 2.34. The van der Waals surface area contributed by atoms with Crippen LogP contribution in [0.5, 0.6) is 5.75 Å². The van der Waals surface area contributed by atoms with E-state index in [9.17, 15) is 9.59 Å². The van der Waals surface area contributed by atoms with Gasteiger partial charge >= 0.3 is 0 Å². The minimum absolute atomic E-state index is 0.0564. The molecular formula is C21H22N2O3. The number of carbonyl (C=O) groups excluding carboxylic acids is 2. The summed E-state index contributed by atoms with van der Waals surface area (Å²) < 4.78 is 5.86. The van der Waals surface area contributed by atoms with Crippen LogP contribution in [-0.4, -0.2) is 25.0 Å². The summed E-state index contributed by atoms with van der Waals surface area (Å²) >= 11 is 0. The number of amides is 2. The molecular weight excluding hydrogens is 328 g/mol. The Morgan fingerprint density at radius 1 is 1.15 bits per heavy atom. The van der Waals surface area contributed by atoms with Crippen molar-refractivity contribution in [2.75, 3.05) is 18.1 Å². The van der Waals surface area contributed by atoms with Crippen molar-refractivity contribution in [3.8, 4) is 5.75 Å². The van der Waals surface area contributed by atoms with Gasteiger partial charge in [-0.3, -0.25) is 9.59 Å². The molecule has 5 nitrogen and oxygen atoms in total. The third-order valence-electron chi connectivity index (χ3n) is 5.08. The van der Waals surface area contributed by atoms with Gasteiger partial charge in [0.15, 0.2) is 0 Å². The van der Waals surface area contributed by atoms with Crippen LogP contribution in [0.2, 0.25) is 0 Å². The number of rotatable bonds is 6. The van der Waals surface area contributed by atoms with E-state index in [2.05, 4.69) is 0 Å². The van der Waals surface area contributed by atoms with Crippen molar-refractivity contribution in [1.82, 2.24) is 0 Å². The van der Waals surface area contributed by atoms with E-state index in [0.717, 1.165) is 23.6 Å². The maximum absolute atomic E-state index is 12.5. The molecule has 1 atom stereocenters. The van der Waals surface area contributed by atoms with Crippen LogP contribution >= 0.6 is 0 Å². The Hall–Kier alpha value is -2.82. The van der Waals surface area contributed by atoms with Crippen molar-refractivity contribution in [2.45, 2.75) is 25.2 Å². The first-order valence-electron chi connectivity index (χ1n) is 9.03. The number of hydrogen-bond acceptors (Lipinski definition) is 3. The van der Waals surface area contributed by atoms with Gasteiger partial charge in [-0.15, -0.1) is 0 Å². The van der Waals surface area contributed by atoms with Crippen molar-refractivity contribution < 1.29 is 14.3 Å². The molecule has 2 aromatic carbocycles. The van der Waals surface area contributed by atoms with Gasteiger partial charge in [0.05, 0.1) is 6.61 Å². The molecule has 4 rings (SSSR count). The fraction of sp³-hybridized carbons (Fsp3) is 0.333. The smallest absolute Gasteiger partial charge is 0.248 e. The number of benzene rings is 2. The van der Waals surface area contributed by atoms with E-state index in [1.54, 1.807) is 23.1 Å². The third-order valence-corrected chi connectivity index (χ3v) is 5.08.